The number of carbonyl (C=O) groups is 1. The van der Waals surface area contributed by atoms with Gasteiger partial charge in [0.25, 0.3) is 0 Å². The van der Waals surface area contributed by atoms with Crippen molar-refractivity contribution < 1.29 is 13.6 Å². The molecule has 6 heteroatoms. The Labute approximate surface area is 186 Å². The third kappa shape index (κ3) is 6.79. The minimum absolute atomic E-state index is 0.451. The van der Waals surface area contributed by atoms with Gasteiger partial charge in [-0.05, 0) is 63.1 Å². The number of carbonyl (C=O) groups excluding carboxylic acids is 1. The number of hydrogen-bond acceptors (Lipinski definition) is 2. The monoisotopic (exact) mass is 449 g/mol. The quantitative estimate of drug-likeness (QED) is 0.267. The van der Waals surface area contributed by atoms with Crippen LogP contribution in [0.5, 0.6) is 0 Å². The Morgan fingerprint density at radius 2 is 1.20 bits per heavy atom. The zero-order valence-corrected chi connectivity index (χ0v) is 18.7. The molecule has 30 heavy (non-hydrogen) atoms. The van der Waals surface area contributed by atoms with Crippen molar-refractivity contribution in [3.05, 3.63) is 93.5 Å². The standard InChI is InChI=1S/C12H11ClFN.C12H12ClFO/c2*1-12(2,11(14)7-8-15)9-3-5-10(13)6-4-9/h3-7H,1-2H3;3-8H,1-2H3/b2*11-7-. The normalized spacial score (nSPS) is 12.5. The van der Waals surface area contributed by atoms with Gasteiger partial charge in [0.2, 0.25) is 0 Å². The van der Waals surface area contributed by atoms with E-state index >= 15 is 0 Å². The zero-order chi connectivity index (χ0) is 22.9. The van der Waals surface area contributed by atoms with Crippen LogP contribution < -0.4 is 0 Å². The van der Waals surface area contributed by atoms with Crippen molar-refractivity contribution in [2.24, 2.45) is 0 Å². The van der Waals surface area contributed by atoms with E-state index in [2.05, 4.69) is 0 Å². The topological polar surface area (TPSA) is 40.9 Å². The predicted molar refractivity (Wildman–Crippen MR) is 119 cm³/mol. The lowest BCUT2D eigenvalue weighted by Gasteiger charge is -2.23. The molecule has 0 radical (unpaired) electrons. The Bertz CT molecular complexity index is 954. The second kappa shape index (κ2) is 11.1. The zero-order valence-electron chi connectivity index (χ0n) is 17.2. The van der Waals surface area contributed by atoms with Gasteiger partial charge < -0.3 is 0 Å². The maximum Gasteiger partial charge on any atom is 0.145 e. The summed E-state index contributed by atoms with van der Waals surface area (Å²) in [4.78, 5) is 10.2. The average Bonchev–Trinajstić information content (AvgIpc) is 2.69. The fraction of sp³-hybridized carbons (Fsp3) is 0.250. The van der Waals surface area contributed by atoms with E-state index in [0.29, 0.717) is 16.3 Å². The van der Waals surface area contributed by atoms with Crippen molar-refractivity contribution in [3.8, 4) is 6.07 Å². The van der Waals surface area contributed by atoms with E-state index in [0.717, 1.165) is 23.3 Å². The van der Waals surface area contributed by atoms with Crippen LogP contribution >= 0.6 is 23.2 Å². The van der Waals surface area contributed by atoms with Gasteiger partial charge >= 0.3 is 0 Å². The summed E-state index contributed by atoms with van der Waals surface area (Å²) in [6.45, 7) is 6.87. The number of benzene rings is 2. The first-order chi connectivity index (χ1) is 14.0. The van der Waals surface area contributed by atoms with Crippen LogP contribution in [0.15, 0.2) is 72.3 Å². The summed E-state index contributed by atoms with van der Waals surface area (Å²) in [6, 6.07) is 15.5. The molecule has 0 aliphatic rings. The molecule has 0 spiro atoms. The van der Waals surface area contributed by atoms with Crippen molar-refractivity contribution >= 4 is 29.5 Å². The van der Waals surface area contributed by atoms with Crippen molar-refractivity contribution in [2.45, 2.75) is 38.5 Å². The van der Waals surface area contributed by atoms with Crippen LogP contribution in [0.2, 0.25) is 10.0 Å². The van der Waals surface area contributed by atoms with Gasteiger partial charge in [0, 0.05) is 33.0 Å². The predicted octanol–water partition coefficient (Wildman–Crippen LogP) is 7.66. The molecular formula is C24H23Cl2F2NO. The molecule has 2 aromatic rings. The third-order valence-electron chi connectivity index (χ3n) is 4.73. The Balaban J connectivity index is 0.000000300. The lowest BCUT2D eigenvalue weighted by atomic mass is 9.83. The first kappa shape index (κ1) is 25.6. The van der Waals surface area contributed by atoms with Crippen LogP contribution in [0, 0.1) is 11.3 Å². The van der Waals surface area contributed by atoms with Crippen LogP contribution in [0.3, 0.4) is 0 Å². The molecule has 2 rings (SSSR count). The van der Waals surface area contributed by atoms with E-state index in [-0.39, 0.29) is 0 Å². The summed E-state index contributed by atoms with van der Waals surface area (Å²) in [5, 5.41) is 9.62. The first-order valence-corrected chi connectivity index (χ1v) is 9.81. The highest BCUT2D eigenvalue weighted by Gasteiger charge is 2.26. The average molecular weight is 450 g/mol. The molecule has 2 nitrogen and oxygen atoms in total. The lowest BCUT2D eigenvalue weighted by Crippen LogP contribution is -2.18. The van der Waals surface area contributed by atoms with Crippen molar-refractivity contribution in [3.63, 3.8) is 0 Å². The second-order valence-electron chi connectivity index (χ2n) is 7.54. The van der Waals surface area contributed by atoms with Crippen LogP contribution in [-0.4, -0.2) is 6.29 Å². The van der Waals surface area contributed by atoms with Gasteiger partial charge in [-0.25, -0.2) is 8.78 Å². The summed E-state index contributed by atoms with van der Waals surface area (Å²) < 4.78 is 27.1. The van der Waals surface area contributed by atoms with Crippen LogP contribution in [0.4, 0.5) is 8.78 Å². The SMILES string of the molecule is CC(C)(/C(F)=C/C#N)c1ccc(Cl)cc1.CC(C)(/C(F)=C/C=O)c1ccc(Cl)cc1. The number of hydrogen-bond donors (Lipinski definition) is 0. The Morgan fingerprint density at radius 3 is 1.53 bits per heavy atom. The Kier molecular flexibility index (Phi) is 9.42. The van der Waals surface area contributed by atoms with Gasteiger partial charge in [0.1, 0.15) is 17.9 Å². The molecular weight excluding hydrogens is 427 g/mol. The Morgan fingerprint density at radius 1 is 0.833 bits per heavy atom. The van der Waals surface area contributed by atoms with Gasteiger partial charge in [-0.2, -0.15) is 5.26 Å². The highest BCUT2D eigenvalue weighted by Crippen LogP contribution is 2.33. The summed E-state index contributed by atoms with van der Waals surface area (Å²) in [6.07, 6.45) is 2.32. The van der Waals surface area contributed by atoms with Crippen LogP contribution in [0.25, 0.3) is 0 Å². The van der Waals surface area contributed by atoms with Gasteiger partial charge in [0.15, 0.2) is 0 Å². The maximum absolute atomic E-state index is 13.6. The van der Waals surface area contributed by atoms with E-state index in [1.54, 1.807) is 82.3 Å². The molecule has 0 aliphatic carbocycles. The van der Waals surface area contributed by atoms with Gasteiger partial charge in [-0.3, -0.25) is 4.79 Å². The smallest absolute Gasteiger partial charge is 0.145 e. The molecule has 0 saturated carbocycles. The summed E-state index contributed by atoms with van der Waals surface area (Å²) in [5.41, 5.74) is -0.0235. The van der Waals surface area contributed by atoms with E-state index in [4.69, 9.17) is 28.5 Å². The molecule has 0 aromatic heterocycles. The molecule has 0 saturated heterocycles. The van der Waals surface area contributed by atoms with Gasteiger partial charge in [-0.15, -0.1) is 0 Å². The minimum atomic E-state index is -0.800. The fourth-order valence-electron chi connectivity index (χ4n) is 2.51. The molecule has 0 fully saturated rings. The van der Waals surface area contributed by atoms with Gasteiger partial charge in [-0.1, -0.05) is 47.5 Å². The first-order valence-electron chi connectivity index (χ1n) is 9.06. The van der Waals surface area contributed by atoms with Crippen molar-refractivity contribution in [1.82, 2.24) is 0 Å². The summed E-state index contributed by atoms with van der Waals surface area (Å²) in [5.74, 6) is -0.910. The van der Waals surface area contributed by atoms with Gasteiger partial charge in [0.05, 0.1) is 6.07 Å². The molecule has 0 heterocycles. The Hall–Kier alpha value is -2.48. The number of aldehydes is 1. The molecule has 158 valence electrons. The molecule has 0 amide bonds. The number of halogens is 4. The fourth-order valence-corrected chi connectivity index (χ4v) is 2.77. The number of allylic oxidation sites excluding steroid dienone is 4. The lowest BCUT2D eigenvalue weighted by molar-refractivity contribution is -0.104. The molecule has 0 bridgehead atoms. The van der Waals surface area contributed by atoms with Crippen LogP contribution in [0.1, 0.15) is 38.8 Å². The van der Waals surface area contributed by atoms with Crippen LogP contribution in [-0.2, 0) is 15.6 Å². The van der Waals surface area contributed by atoms with E-state index < -0.39 is 22.5 Å². The third-order valence-corrected chi connectivity index (χ3v) is 5.24. The molecule has 0 atom stereocenters. The highest BCUT2D eigenvalue weighted by atomic mass is 35.5. The van der Waals surface area contributed by atoms with E-state index in [1.807, 2.05) is 0 Å². The maximum atomic E-state index is 13.6. The van der Waals surface area contributed by atoms with E-state index in [1.165, 1.54) is 0 Å². The molecule has 0 aliphatic heterocycles. The summed E-state index contributed by atoms with van der Waals surface area (Å²) >= 11 is 11.5. The summed E-state index contributed by atoms with van der Waals surface area (Å²) in [7, 11) is 0. The number of nitrogens with zero attached hydrogens (tertiary/aromatic N) is 1. The largest absolute Gasteiger partial charge is 0.298 e. The minimum Gasteiger partial charge on any atom is -0.298 e. The molecule has 0 N–H and O–H groups in total. The number of rotatable bonds is 5. The van der Waals surface area contributed by atoms with Crippen molar-refractivity contribution in [2.75, 3.05) is 0 Å². The van der Waals surface area contributed by atoms with Crippen molar-refractivity contribution in [1.29, 1.82) is 5.26 Å². The number of nitriles is 1. The van der Waals surface area contributed by atoms with E-state index in [9.17, 15) is 13.6 Å². The highest BCUT2D eigenvalue weighted by molar-refractivity contribution is 6.30. The molecule has 2 aromatic carbocycles. The molecule has 0 unspecified atom stereocenters. The second-order valence-corrected chi connectivity index (χ2v) is 8.41.